The molecule has 0 spiro atoms. The Kier molecular flexibility index (Phi) is 64.3. The molecule has 0 atom stereocenters. The molecular formula is C13H19Cl2I10N4O3-. The van der Waals surface area contributed by atoms with Gasteiger partial charge in [-0.2, -0.15) is 0 Å². The summed E-state index contributed by atoms with van der Waals surface area (Å²) in [5, 5.41) is 10.7. The molecule has 2 N–H and O–H groups in total. The molecule has 1 aliphatic heterocycles. The summed E-state index contributed by atoms with van der Waals surface area (Å²) in [6.07, 6.45) is 4.86. The number of anilines is 1. The second-order valence-corrected chi connectivity index (χ2v) is 4.69. The third-order valence-electron chi connectivity index (χ3n) is 2.99. The summed E-state index contributed by atoms with van der Waals surface area (Å²) in [5.41, 5.74) is 6.13. The van der Waals surface area contributed by atoms with Crippen LogP contribution in [-0.2, 0) is 0 Å². The summed E-state index contributed by atoms with van der Waals surface area (Å²) in [4.78, 5) is 14.5. The summed E-state index contributed by atoms with van der Waals surface area (Å²) in [6, 6.07) is 4.22. The Morgan fingerprint density at radius 3 is 1.94 bits per heavy atom. The second-order valence-electron chi connectivity index (χ2n) is 4.69. The van der Waals surface area contributed by atoms with Crippen molar-refractivity contribution >= 4 is 210 Å². The van der Waals surface area contributed by atoms with Crippen molar-refractivity contribution in [3.05, 3.63) is 40.7 Å². The molecule has 7 nitrogen and oxygen atoms in total. The quantitative estimate of drug-likeness (QED) is 0.103. The van der Waals surface area contributed by atoms with Gasteiger partial charge in [-0.25, -0.2) is 0 Å². The molecule has 0 fully saturated rings. The molecule has 0 saturated heterocycles. The number of halogens is 12. The summed E-state index contributed by atoms with van der Waals surface area (Å²) in [5.74, 6) is 0.369. The number of nitrogens with zero attached hydrogens (tertiary/aromatic N) is 3. The number of nitrogens with two attached hydrogens (primary N) is 1. The lowest BCUT2D eigenvalue weighted by atomic mass is 10.2. The predicted octanol–water partition coefficient (Wildman–Crippen LogP) is 7.90. The molecule has 2 rings (SSSR count). The number of benzene rings is 1. The van der Waals surface area contributed by atoms with Crippen LogP contribution in [0.2, 0.25) is 0 Å². The monoisotopic (exact) mass is 1620 g/mol. The first-order valence-corrected chi connectivity index (χ1v) is 38.5. The third-order valence-corrected chi connectivity index (χ3v) is 2.99. The average Bonchev–Trinajstić information content (AvgIpc) is 3.24. The zero-order valence-electron chi connectivity index (χ0n) is 15.9. The molecule has 1 heterocycles. The average molecular weight is 1620 g/mol. The Bertz CT molecular complexity index is 557. The maximum atomic E-state index is 10.7. The van der Waals surface area contributed by atoms with Crippen LogP contribution in [0.15, 0.2) is 30.6 Å². The highest BCUT2D eigenvalue weighted by molar-refractivity contribution is 15.0. The van der Waals surface area contributed by atoms with Crippen molar-refractivity contribution in [3.63, 3.8) is 0 Å². The molecule has 194 valence electrons. The van der Waals surface area contributed by atoms with Crippen LogP contribution in [0.3, 0.4) is 0 Å². The molecule has 0 amide bonds. The molecule has 0 unspecified atom stereocenters. The lowest BCUT2D eigenvalue weighted by molar-refractivity contribution is -0.384. The Labute approximate surface area is 319 Å². The highest BCUT2D eigenvalue weighted by Gasteiger charge is 2.11. The number of hydrogen-bond donors (Lipinski definition) is 1. The standard InChI is InChI=1S/C13H18N4O3.2ClH.5I2/c1-15-6-7-16(10-15)5-2-8-20-13-9-11(17(18)19)3-4-12(13)14;;;5*1-2/h3-4,6-7,9H,2,5,8,10,14H2,1H3;2*1H;;;;;/p-1. The first kappa shape index (κ1) is 50.3. The van der Waals surface area contributed by atoms with E-state index in [9.17, 15) is 10.1 Å². The molecule has 1 aliphatic rings. The van der Waals surface area contributed by atoms with Crippen LogP contribution >= 0.6 is 199 Å². The fourth-order valence-electron chi connectivity index (χ4n) is 1.95. The number of nitro benzene ring substituents is 1. The first-order chi connectivity index (χ1) is 14.6. The van der Waals surface area contributed by atoms with E-state index in [4.69, 9.17) is 10.5 Å². The SMILES string of the molecule is CN1C=CN(CCCOc2cc([N+](=O)[O-])ccc2N)C1.Cl.II.II.II.II.II.[Cl-]. The maximum absolute atomic E-state index is 10.7. The smallest absolute Gasteiger partial charge is 0.273 e. The van der Waals surface area contributed by atoms with E-state index >= 15 is 0 Å². The number of nitrogen functional groups attached to an aromatic ring is 1. The van der Waals surface area contributed by atoms with Crippen molar-refractivity contribution in [2.45, 2.75) is 6.42 Å². The minimum absolute atomic E-state index is 0. The highest BCUT2D eigenvalue weighted by Crippen LogP contribution is 2.26. The number of rotatable bonds is 6. The van der Waals surface area contributed by atoms with Gasteiger partial charge in [0, 0.05) is 218 Å². The Morgan fingerprint density at radius 2 is 1.53 bits per heavy atom. The molecule has 1 aromatic carbocycles. The van der Waals surface area contributed by atoms with E-state index in [2.05, 4.69) is 196 Å². The summed E-state index contributed by atoms with van der Waals surface area (Å²) in [6.45, 7) is 2.22. The molecule has 32 heavy (non-hydrogen) atoms. The maximum Gasteiger partial charge on any atom is 0.273 e. The minimum atomic E-state index is -0.461. The Morgan fingerprint density at radius 1 is 1.03 bits per heavy atom. The van der Waals surface area contributed by atoms with Gasteiger partial charge in [0.25, 0.3) is 5.69 Å². The fourth-order valence-corrected chi connectivity index (χ4v) is 1.95. The van der Waals surface area contributed by atoms with Crippen molar-refractivity contribution in [2.75, 3.05) is 32.6 Å². The van der Waals surface area contributed by atoms with Crippen molar-refractivity contribution in [1.82, 2.24) is 9.80 Å². The summed E-state index contributed by atoms with van der Waals surface area (Å²) in [7, 11) is 2.01. The van der Waals surface area contributed by atoms with Gasteiger partial charge in [0.2, 0.25) is 0 Å². The first-order valence-electron chi connectivity index (χ1n) is 7.07. The van der Waals surface area contributed by atoms with E-state index in [-0.39, 0.29) is 30.5 Å². The van der Waals surface area contributed by atoms with E-state index in [1.54, 1.807) is 0 Å². The molecule has 0 radical (unpaired) electrons. The Balaban J connectivity index is -0.000000125. The molecule has 0 saturated carbocycles. The van der Waals surface area contributed by atoms with Crippen LogP contribution in [0.1, 0.15) is 6.42 Å². The van der Waals surface area contributed by atoms with Gasteiger partial charge >= 0.3 is 0 Å². The highest BCUT2D eigenvalue weighted by atomic mass is 128. The summed E-state index contributed by atoms with van der Waals surface area (Å²) < 4.78 is 5.52. The van der Waals surface area contributed by atoms with Gasteiger partial charge in [-0.05, 0) is 12.5 Å². The zero-order chi connectivity index (χ0) is 24.5. The molecule has 0 aliphatic carbocycles. The zero-order valence-corrected chi connectivity index (χ0v) is 39.1. The van der Waals surface area contributed by atoms with E-state index in [1.807, 2.05) is 19.4 Å². The van der Waals surface area contributed by atoms with Crippen LogP contribution in [-0.4, -0.2) is 41.6 Å². The molecular weight excluding hydrogens is 1600 g/mol. The van der Waals surface area contributed by atoms with Gasteiger partial charge in [-0.3, -0.25) is 10.1 Å². The van der Waals surface area contributed by atoms with Gasteiger partial charge < -0.3 is 32.7 Å². The topological polar surface area (TPSA) is 84.9 Å². The molecule has 19 heteroatoms. The molecule has 0 bridgehead atoms. The van der Waals surface area contributed by atoms with E-state index < -0.39 is 4.92 Å². The molecule has 1 aromatic rings. The van der Waals surface area contributed by atoms with Gasteiger partial charge in [-0.1, -0.05) is 0 Å². The largest absolute Gasteiger partial charge is 1.00 e. The van der Waals surface area contributed by atoms with Crippen LogP contribution in [0.5, 0.6) is 5.75 Å². The Hall–Kier alpha value is 5.44. The number of hydrogen-bond acceptors (Lipinski definition) is 6. The van der Waals surface area contributed by atoms with Crippen molar-refractivity contribution < 1.29 is 22.1 Å². The number of nitro groups is 1. The van der Waals surface area contributed by atoms with Crippen molar-refractivity contribution in [2.24, 2.45) is 0 Å². The van der Waals surface area contributed by atoms with Gasteiger partial charge in [0.05, 0.1) is 30.0 Å². The lowest BCUT2D eigenvalue weighted by Crippen LogP contribution is -3.00. The van der Waals surface area contributed by atoms with Crippen molar-refractivity contribution in [1.29, 1.82) is 0 Å². The van der Waals surface area contributed by atoms with Crippen molar-refractivity contribution in [3.8, 4) is 5.75 Å². The van der Waals surface area contributed by atoms with Crippen LogP contribution in [0.25, 0.3) is 0 Å². The number of ether oxygens (including phenoxy) is 1. The third kappa shape index (κ3) is 28.4. The second kappa shape index (κ2) is 40.9. The van der Waals surface area contributed by atoms with E-state index in [0.717, 1.165) is 19.6 Å². The fraction of sp³-hybridized carbons (Fsp3) is 0.385. The predicted molar refractivity (Wildman–Crippen MR) is 224 cm³/mol. The van der Waals surface area contributed by atoms with Gasteiger partial charge in [-0.15, -0.1) is 12.4 Å². The van der Waals surface area contributed by atoms with E-state index in [1.165, 1.54) is 18.2 Å². The molecule has 0 aromatic heterocycles. The van der Waals surface area contributed by atoms with Crippen LogP contribution in [0.4, 0.5) is 11.4 Å². The normalized spacial score (nSPS) is 9.59. The minimum Gasteiger partial charge on any atom is -1.00 e. The lowest BCUT2D eigenvalue weighted by Gasteiger charge is -2.18. The number of non-ortho nitro benzene ring substituents is 1. The van der Waals surface area contributed by atoms with Crippen LogP contribution in [0, 0.1) is 10.1 Å². The summed E-state index contributed by atoms with van der Waals surface area (Å²) >= 11 is 21.2. The van der Waals surface area contributed by atoms with Crippen LogP contribution < -0.4 is 22.9 Å². The van der Waals surface area contributed by atoms with Gasteiger partial charge in [0.1, 0.15) is 5.75 Å². The van der Waals surface area contributed by atoms with Gasteiger partial charge in [0.15, 0.2) is 0 Å². The van der Waals surface area contributed by atoms with E-state index in [0.29, 0.717) is 18.0 Å².